The number of furan rings is 1. The van der Waals surface area contributed by atoms with Crippen LogP contribution in [0.25, 0.3) is 0 Å². The molecule has 1 fully saturated rings. The van der Waals surface area contributed by atoms with Crippen molar-refractivity contribution in [2.45, 2.75) is 25.5 Å². The van der Waals surface area contributed by atoms with E-state index >= 15 is 0 Å². The van der Waals surface area contributed by atoms with Crippen LogP contribution in [0.2, 0.25) is 0 Å². The maximum absolute atomic E-state index is 11.7. The van der Waals surface area contributed by atoms with Gasteiger partial charge in [-0.3, -0.25) is 4.79 Å². The molecule has 1 saturated heterocycles. The molecule has 0 spiro atoms. The number of hydrogen-bond acceptors (Lipinski definition) is 3. The van der Waals surface area contributed by atoms with E-state index in [0.717, 1.165) is 25.2 Å². The van der Waals surface area contributed by atoms with E-state index in [2.05, 4.69) is 0 Å². The Morgan fingerprint density at radius 1 is 1.59 bits per heavy atom. The highest BCUT2D eigenvalue weighted by Crippen LogP contribution is 2.15. The minimum atomic E-state index is -0.0847. The van der Waals surface area contributed by atoms with Crippen molar-refractivity contribution in [3.63, 3.8) is 0 Å². The number of hydrogen-bond donors (Lipinski definition) is 0. The van der Waals surface area contributed by atoms with Gasteiger partial charge in [-0.05, 0) is 25.0 Å². The van der Waals surface area contributed by atoms with Gasteiger partial charge in [-0.25, -0.2) is 0 Å². The van der Waals surface area contributed by atoms with Crippen molar-refractivity contribution in [3.05, 3.63) is 24.2 Å². The van der Waals surface area contributed by atoms with Gasteiger partial charge >= 0.3 is 0 Å². The van der Waals surface area contributed by atoms with Crippen LogP contribution >= 0.6 is 11.6 Å². The van der Waals surface area contributed by atoms with Crippen LogP contribution in [0.5, 0.6) is 0 Å². The number of amides is 1. The number of ether oxygens (including phenoxy) is 1. The number of carbonyl (C=O) groups excluding carboxylic acids is 1. The van der Waals surface area contributed by atoms with Crippen LogP contribution in [-0.4, -0.2) is 35.9 Å². The van der Waals surface area contributed by atoms with E-state index in [1.807, 2.05) is 12.1 Å². The molecule has 17 heavy (non-hydrogen) atoms. The highest BCUT2D eigenvalue weighted by Gasteiger charge is 2.22. The van der Waals surface area contributed by atoms with Crippen molar-refractivity contribution >= 4 is 17.5 Å². The summed E-state index contributed by atoms with van der Waals surface area (Å²) in [4.78, 5) is 13.4. The molecule has 0 radical (unpaired) electrons. The lowest BCUT2D eigenvalue weighted by Gasteiger charge is -2.23. The zero-order valence-corrected chi connectivity index (χ0v) is 10.4. The maximum atomic E-state index is 11.7. The fraction of sp³-hybridized carbons (Fsp3) is 0.583. The van der Waals surface area contributed by atoms with Crippen LogP contribution in [-0.2, 0) is 16.1 Å². The molecule has 1 aromatic heterocycles. The lowest BCUT2D eigenvalue weighted by molar-refractivity contribution is -0.131. The van der Waals surface area contributed by atoms with Gasteiger partial charge in [0, 0.05) is 13.2 Å². The molecule has 0 saturated carbocycles. The Kier molecular flexibility index (Phi) is 4.45. The molecule has 0 aromatic carbocycles. The molecule has 1 aliphatic heterocycles. The molecule has 4 nitrogen and oxygen atoms in total. The van der Waals surface area contributed by atoms with E-state index in [4.69, 9.17) is 20.8 Å². The van der Waals surface area contributed by atoms with Gasteiger partial charge < -0.3 is 14.1 Å². The fourth-order valence-corrected chi connectivity index (χ4v) is 2.13. The molecule has 2 heterocycles. The van der Waals surface area contributed by atoms with Crippen molar-refractivity contribution in [1.82, 2.24) is 4.90 Å². The lowest BCUT2D eigenvalue weighted by Crippen LogP contribution is -2.37. The van der Waals surface area contributed by atoms with Crippen LogP contribution in [0.3, 0.4) is 0 Å². The van der Waals surface area contributed by atoms with E-state index in [1.165, 1.54) is 0 Å². The standard InChI is InChI=1S/C12H16ClNO3/c13-7-12(15)14(8-10-3-1-5-16-10)9-11-4-2-6-17-11/h1,3,5,11H,2,4,6-9H2. The van der Waals surface area contributed by atoms with Crippen molar-refractivity contribution in [3.8, 4) is 0 Å². The van der Waals surface area contributed by atoms with Crippen LogP contribution in [0.4, 0.5) is 0 Å². The first kappa shape index (κ1) is 12.5. The molecule has 94 valence electrons. The average molecular weight is 258 g/mol. The fourth-order valence-electron chi connectivity index (χ4n) is 1.96. The summed E-state index contributed by atoms with van der Waals surface area (Å²) in [7, 11) is 0. The Balaban J connectivity index is 1.94. The summed E-state index contributed by atoms with van der Waals surface area (Å²) in [6.07, 6.45) is 3.81. The topological polar surface area (TPSA) is 42.7 Å². The highest BCUT2D eigenvalue weighted by atomic mass is 35.5. The van der Waals surface area contributed by atoms with E-state index in [1.54, 1.807) is 11.2 Å². The third-order valence-corrected chi connectivity index (χ3v) is 3.07. The zero-order valence-electron chi connectivity index (χ0n) is 9.60. The first-order chi connectivity index (χ1) is 8.29. The second-order valence-electron chi connectivity index (χ2n) is 4.12. The normalized spacial score (nSPS) is 19.5. The Labute approximate surface area is 105 Å². The van der Waals surface area contributed by atoms with Gasteiger partial charge in [0.1, 0.15) is 11.6 Å². The first-order valence-electron chi connectivity index (χ1n) is 5.77. The smallest absolute Gasteiger partial charge is 0.237 e. The monoisotopic (exact) mass is 257 g/mol. The molecule has 1 aromatic rings. The predicted molar refractivity (Wildman–Crippen MR) is 63.8 cm³/mol. The van der Waals surface area contributed by atoms with Crippen LogP contribution in [0.15, 0.2) is 22.8 Å². The van der Waals surface area contributed by atoms with E-state index in [-0.39, 0.29) is 17.9 Å². The largest absolute Gasteiger partial charge is 0.467 e. The molecule has 5 heteroatoms. The van der Waals surface area contributed by atoms with Crippen molar-refractivity contribution in [1.29, 1.82) is 0 Å². The van der Waals surface area contributed by atoms with Crippen LogP contribution in [0.1, 0.15) is 18.6 Å². The average Bonchev–Trinajstić information content (AvgIpc) is 3.00. The van der Waals surface area contributed by atoms with E-state index in [9.17, 15) is 4.79 Å². The van der Waals surface area contributed by atoms with E-state index in [0.29, 0.717) is 13.1 Å². The minimum absolute atomic E-state index is 0.00652. The highest BCUT2D eigenvalue weighted by molar-refractivity contribution is 6.27. The Bertz CT molecular complexity index is 347. The third-order valence-electron chi connectivity index (χ3n) is 2.84. The summed E-state index contributed by atoms with van der Waals surface area (Å²) in [5.41, 5.74) is 0. The molecule has 1 amide bonds. The van der Waals surface area contributed by atoms with Gasteiger partial charge in [0.05, 0.1) is 18.9 Å². The predicted octanol–water partition coefficient (Wildman–Crippen LogP) is 2.03. The van der Waals surface area contributed by atoms with Crippen molar-refractivity contribution in [2.24, 2.45) is 0 Å². The lowest BCUT2D eigenvalue weighted by atomic mass is 10.2. The Morgan fingerprint density at radius 2 is 2.47 bits per heavy atom. The van der Waals surface area contributed by atoms with Gasteiger partial charge in [-0.2, -0.15) is 0 Å². The molecule has 1 unspecified atom stereocenters. The zero-order chi connectivity index (χ0) is 12.1. The van der Waals surface area contributed by atoms with Gasteiger partial charge in [-0.15, -0.1) is 11.6 Å². The summed E-state index contributed by atoms with van der Waals surface area (Å²) < 4.78 is 10.8. The number of carbonyl (C=O) groups is 1. The van der Waals surface area contributed by atoms with E-state index < -0.39 is 0 Å². The second-order valence-corrected chi connectivity index (χ2v) is 4.39. The summed E-state index contributed by atoms with van der Waals surface area (Å²) in [6, 6.07) is 3.66. The molecule has 0 N–H and O–H groups in total. The molecule has 0 aliphatic carbocycles. The van der Waals surface area contributed by atoms with Crippen LogP contribution in [0, 0.1) is 0 Å². The van der Waals surface area contributed by atoms with Gasteiger partial charge in [0.25, 0.3) is 0 Å². The summed E-state index contributed by atoms with van der Waals surface area (Å²) in [5.74, 6) is 0.674. The van der Waals surface area contributed by atoms with Crippen molar-refractivity contribution < 1.29 is 13.9 Å². The summed E-state index contributed by atoms with van der Waals surface area (Å²) in [5, 5.41) is 0. The van der Waals surface area contributed by atoms with Crippen LogP contribution < -0.4 is 0 Å². The SMILES string of the molecule is O=C(CCl)N(Cc1ccco1)CC1CCCO1. The van der Waals surface area contributed by atoms with Gasteiger partial charge in [0.2, 0.25) is 5.91 Å². The summed E-state index contributed by atoms with van der Waals surface area (Å²) >= 11 is 5.61. The minimum Gasteiger partial charge on any atom is -0.467 e. The molecule has 1 aliphatic rings. The first-order valence-corrected chi connectivity index (χ1v) is 6.31. The molecule has 0 bridgehead atoms. The molecular weight excluding hydrogens is 242 g/mol. The quantitative estimate of drug-likeness (QED) is 0.758. The number of alkyl halides is 1. The number of halogens is 1. The number of rotatable bonds is 5. The molecule has 2 rings (SSSR count). The summed E-state index contributed by atoms with van der Waals surface area (Å²) in [6.45, 7) is 1.83. The second kappa shape index (κ2) is 6.07. The maximum Gasteiger partial charge on any atom is 0.237 e. The Morgan fingerprint density at radius 3 is 3.06 bits per heavy atom. The van der Waals surface area contributed by atoms with Crippen molar-refractivity contribution in [2.75, 3.05) is 19.0 Å². The molecule has 1 atom stereocenters. The third kappa shape index (κ3) is 3.48. The van der Waals surface area contributed by atoms with Gasteiger partial charge in [0.15, 0.2) is 0 Å². The van der Waals surface area contributed by atoms with Gasteiger partial charge in [-0.1, -0.05) is 0 Å². The number of nitrogens with zero attached hydrogens (tertiary/aromatic N) is 1. The Hall–Kier alpha value is -1.00. The molecular formula is C12H16ClNO3.